The predicted molar refractivity (Wildman–Crippen MR) is 98.9 cm³/mol. The Balaban J connectivity index is 2.09. The molecule has 1 saturated heterocycles. The molecule has 4 nitrogen and oxygen atoms in total. The van der Waals surface area contributed by atoms with E-state index in [-0.39, 0.29) is 17.2 Å². The summed E-state index contributed by atoms with van der Waals surface area (Å²) in [4.78, 5) is 13.6. The Hall–Kier alpha value is -2.01. The van der Waals surface area contributed by atoms with Crippen molar-refractivity contribution in [2.75, 3.05) is 6.61 Å². The molecule has 0 aromatic heterocycles. The Morgan fingerprint density at radius 2 is 1.96 bits per heavy atom. The van der Waals surface area contributed by atoms with Crippen molar-refractivity contribution in [3.63, 3.8) is 0 Å². The van der Waals surface area contributed by atoms with Gasteiger partial charge >= 0.3 is 6.09 Å². The quantitative estimate of drug-likeness (QED) is 0.417. The van der Waals surface area contributed by atoms with Crippen molar-refractivity contribution < 1.29 is 14.0 Å². The number of hydrogen-bond acceptors (Lipinski definition) is 3. The van der Waals surface area contributed by atoms with Crippen LogP contribution in [0.3, 0.4) is 0 Å². The van der Waals surface area contributed by atoms with Gasteiger partial charge in [-0.15, -0.1) is 0 Å². The first-order chi connectivity index (χ1) is 11.1. The van der Waals surface area contributed by atoms with Crippen molar-refractivity contribution in [2.45, 2.75) is 44.9 Å². The minimum atomic E-state index is -1.93. The molecule has 1 heterocycles. The predicted octanol–water partition coefficient (Wildman–Crippen LogP) is 5.23. The number of benzene rings is 1. The normalized spacial score (nSPS) is 18.8. The highest BCUT2D eigenvalue weighted by atomic mass is 28.4. The fraction of sp³-hybridized carbons (Fsp3) is 0.421. The summed E-state index contributed by atoms with van der Waals surface area (Å²) in [5.41, 5.74) is 1.05. The Morgan fingerprint density at radius 3 is 2.54 bits per heavy atom. The Labute approximate surface area is 145 Å². The highest BCUT2D eigenvalue weighted by Crippen LogP contribution is 2.38. The first kappa shape index (κ1) is 18.3. The van der Waals surface area contributed by atoms with Gasteiger partial charge < -0.3 is 9.16 Å². The molecular formula is C19H27NO3Si. The van der Waals surface area contributed by atoms with Gasteiger partial charge in [-0.3, -0.25) is 4.90 Å². The fourth-order valence-electron chi connectivity index (χ4n) is 2.21. The van der Waals surface area contributed by atoms with E-state index in [0.29, 0.717) is 12.4 Å². The third kappa shape index (κ3) is 4.09. The molecule has 2 rings (SSSR count). The summed E-state index contributed by atoms with van der Waals surface area (Å²) in [6, 6.07) is 9.74. The molecule has 1 aromatic carbocycles. The minimum absolute atomic E-state index is 0.100. The molecule has 1 aliphatic heterocycles. The van der Waals surface area contributed by atoms with Gasteiger partial charge in [0.1, 0.15) is 6.61 Å². The Kier molecular flexibility index (Phi) is 5.23. The number of cyclic esters (lactones) is 1. The lowest BCUT2D eigenvalue weighted by Crippen LogP contribution is -2.40. The topological polar surface area (TPSA) is 38.8 Å². The van der Waals surface area contributed by atoms with Gasteiger partial charge in [-0.05, 0) is 29.8 Å². The second kappa shape index (κ2) is 6.85. The van der Waals surface area contributed by atoms with Gasteiger partial charge in [0, 0.05) is 6.20 Å². The zero-order valence-electron chi connectivity index (χ0n) is 15.2. The molecule has 0 aliphatic carbocycles. The van der Waals surface area contributed by atoms with Gasteiger partial charge in [-0.2, -0.15) is 0 Å². The summed E-state index contributed by atoms with van der Waals surface area (Å²) in [6.07, 6.45) is 3.12. The highest BCUT2D eigenvalue weighted by molar-refractivity contribution is 6.74. The second-order valence-corrected chi connectivity index (χ2v) is 12.3. The van der Waals surface area contributed by atoms with E-state index >= 15 is 0 Å². The first-order valence-corrected chi connectivity index (χ1v) is 11.1. The van der Waals surface area contributed by atoms with E-state index < -0.39 is 8.32 Å². The van der Waals surface area contributed by atoms with Crippen molar-refractivity contribution in [2.24, 2.45) is 0 Å². The fourth-order valence-corrected chi connectivity index (χ4v) is 3.24. The molecule has 130 valence electrons. The lowest BCUT2D eigenvalue weighted by molar-refractivity contribution is 0.166. The molecule has 1 atom stereocenters. The molecular weight excluding hydrogens is 318 g/mol. The number of hydrogen-bond donors (Lipinski definition) is 0. The summed E-state index contributed by atoms with van der Waals surface area (Å²) in [7, 11) is -1.93. The van der Waals surface area contributed by atoms with Crippen LogP contribution < -0.4 is 0 Å². The number of ether oxygens (including phenoxy) is 1. The monoisotopic (exact) mass is 345 g/mol. The summed E-state index contributed by atoms with van der Waals surface area (Å²) >= 11 is 0. The minimum Gasteiger partial charge on any atom is -0.544 e. The second-order valence-electron chi connectivity index (χ2n) is 7.56. The molecule has 1 aliphatic rings. The lowest BCUT2D eigenvalue weighted by atomic mass is 10.1. The van der Waals surface area contributed by atoms with Crippen molar-refractivity contribution in [1.29, 1.82) is 0 Å². The van der Waals surface area contributed by atoms with Gasteiger partial charge in [0.25, 0.3) is 0 Å². The Morgan fingerprint density at radius 1 is 1.33 bits per heavy atom. The van der Waals surface area contributed by atoms with Crippen LogP contribution in [0.5, 0.6) is 0 Å². The van der Waals surface area contributed by atoms with Crippen molar-refractivity contribution in [1.82, 2.24) is 4.90 Å². The smallest absolute Gasteiger partial charge is 0.414 e. The van der Waals surface area contributed by atoms with Crippen LogP contribution in [0.2, 0.25) is 18.1 Å². The maximum absolute atomic E-state index is 12.0. The first-order valence-electron chi connectivity index (χ1n) is 8.18. The summed E-state index contributed by atoms with van der Waals surface area (Å²) in [5.74, 6) is 0.577. The average Bonchev–Trinajstić information content (AvgIpc) is 2.85. The number of carbonyl (C=O) groups is 1. The number of rotatable bonds is 5. The van der Waals surface area contributed by atoms with Crippen molar-refractivity contribution in [3.8, 4) is 0 Å². The molecule has 0 spiro atoms. The molecule has 24 heavy (non-hydrogen) atoms. The van der Waals surface area contributed by atoms with E-state index in [9.17, 15) is 4.79 Å². The lowest BCUT2D eigenvalue weighted by Gasteiger charge is -2.36. The van der Waals surface area contributed by atoms with Gasteiger partial charge in [-0.1, -0.05) is 57.7 Å². The third-order valence-electron chi connectivity index (χ3n) is 4.71. The summed E-state index contributed by atoms with van der Waals surface area (Å²) in [5, 5.41) is 0.100. The number of carbonyl (C=O) groups excluding carboxylic acids is 1. The molecule has 1 amide bonds. The number of nitrogens with zero attached hydrogens (tertiary/aromatic N) is 1. The molecule has 0 unspecified atom stereocenters. The molecule has 5 heteroatoms. The van der Waals surface area contributed by atoms with E-state index in [0.717, 1.165) is 5.56 Å². The van der Waals surface area contributed by atoms with Crippen molar-refractivity contribution >= 4 is 14.4 Å². The maximum atomic E-state index is 12.0. The molecule has 0 saturated carbocycles. The van der Waals surface area contributed by atoms with Crippen LogP contribution in [0.25, 0.3) is 0 Å². The molecule has 0 radical (unpaired) electrons. The molecule has 1 fully saturated rings. The van der Waals surface area contributed by atoms with E-state index in [2.05, 4.69) is 40.4 Å². The standard InChI is InChI=1S/C19H27NO3Si/c1-15(23-24(5,6)19(2,3)4)12-13-20-17(14-22-18(20)21)16-10-8-7-9-11-16/h7-13,17H,1,14H2,2-6H3/b13-12+/t17-/m0/s1. The van der Waals surface area contributed by atoms with Crippen LogP contribution in [-0.4, -0.2) is 25.9 Å². The Bertz CT molecular complexity index is 632. The summed E-state index contributed by atoms with van der Waals surface area (Å²) < 4.78 is 11.3. The molecule has 1 aromatic rings. The average molecular weight is 346 g/mol. The maximum Gasteiger partial charge on any atom is 0.414 e. The van der Waals surface area contributed by atoms with Crippen LogP contribution in [0.4, 0.5) is 4.79 Å². The van der Waals surface area contributed by atoms with Crippen LogP contribution in [-0.2, 0) is 9.16 Å². The van der Waals surface area contributed by atoms with Gasteiger partial charge in [0.15, 0.2) is 0 Å². The zero-order chi connectivity index (χ0) is 18.0. The van der Waals surface area contributed by atoms with E-state index in [1.54, 1.807) is 17.2 Å². The van der Waals surface area contributed by atoms with E-state index in [4.69, 9.17) is 9.16 Å². The SMILES string of the molecule is C=C(/C=C/N1C(=O)OC[C@H]1c1ccccc1)O[Si](C)(C)C(C)(C)C. The highest BCUT2D eigenvalue weighted by Gasteiger charge is 2.39. The zero-order valence-corrected chi connectivity index (χ0v) is 16.2. The summed E-state index contributed by atoms with van der Waals surface area (Å²) in [6.45, 7) is 15.2. The van der Waals surface area contributed by atoms with Gasteiger partial charge in [0.2, 0.25) is 8.32 Å². The van der Waals surface area contributed by atoms with Gasteiger partial charge in [0.05, 0.1) is 11.8 Å². The van der Waals surface area contributed by atoms with E-state index in [1.165, 1.54) is 0 Å². The van der Waals surface area contributed by atoms with Crippen LogP contribution in [0.15, 0.2) is 54.9 Å². The molecule has 0 bridgehead atoms. The van der Waals surface area contributed by atoms with E-state index in [1.807, 2.05) is 30.3 Å². The van der Waals surface area contributed by atoms with Crippen molar-refractivity contribution in [3.05, 3.63) is 60.5 Å². The number of amides is 1. The van der Waals surface area contributed by atoms with Crippen LogP contribution in [0, 0.1) is 0 Å². The van der Waals surface area contributed by atoms with Gasteiger partial charge in [-0.25, -0.2) is 4.79 Å². The van der Waals surface area contributed by atoms with Crippen LogP contribution >= 0.6 is 0 Å². The largest absolute Gasteiger partial charge is 0.544 e. The van der Waals surface area contributed by atoms with Crippen LogP contribution in [0.1, 0.15) is 32.4 Å². The third-order valence-corrected chi connectivity index (χ3v) is 9.09. The number of allylic oxidation sites excluding steroid dienone is 1. The molecule has 0 N–H and O–H groups in total.